The highest BCUT2D eigenvalue weighted by Gasteiger charge is 2.32. The van der Waals surface area contributed by atoms with Crippen LogP contribution in [0.3, 0.4) is 0 Å². The molecule has 0 spiro atoms. The van der Waals surface area contributed by atoms with Crippen molar-refractivity contribution < 1.29 is 9.53 Å². The van der Waals surface area contributed by atoms with E-state index < -0.39 is 11.6 Å². The van der Waals surface area contributed by atoms with Crippen molar-refractivity contribution in [3.05, 3.63) is 59.7 Å². The molecule has 0 unspecified atom stereocenters. The minimum absolute atomic E-state index is 0.0334. The quantitative estimate of drug-likeness (QED) is 0.531. The van der Waals surface area contributed by atoms with Crippen LogP contribution in [0, 0.1) is 0 Å². The van der Waals surface area contributed by atoms with E-state index >= 15 is 0 Å². The zero-order valence-electron chi connectivity index (χ0n) is 16.2. The highest BCUT2D eigenvalue weighted by molar-refractivity contribution is 5.79. The number of rotatable bonds is 9. The Balaban J connectivity index is 1.72. The molecular weight excluding hydrogens is 352 g/mol. The number of nitrogens with one attached hydrogen (secondary N) is 1. The van der Waals surface area contributed by atoms with Gasteiger partial charge in [-0.1, -0.05) is 48.5 Å². The summed E-state index contributed by atoms with van der Waals surface area (Å²) >= 11 is 0. The Bertz CT molecular complexity index is 746. The van der Waals surface area contributed by atoms with E-state index in [0.29, 0.717) is 38.9 Å². The fourth-order valence-corrected chi connectivity index (χ4v) is 4.24. The molecule has 0 aromatic heterocycles. The first-order valence-electron chi connectivity index (χ1n) is 9.87. The molecular formula is C22H30N4O2. The van der Waals surface area contributed by atoms with Crippen LogP contribution in [0.15, 0.2) is 48.5 Å². The standard InChI is InChI=1S/C22H30N4O2/c23-12-9-22(10-13-24,11-14-25)26-21(27)28-15-20-18-7-3-1-5-16(18)17-6-2-4-8-19(17)20/h1-8,20H,9-15,23-25H2,(H,26,27). The fourth-order valence-electron chi connectivity index (χ4n) is 4.24. The van der Waals surface area contributed by atoms with Gasteiger partial charge in [-0.05, 0) is 61.2 Å². The van der Waals surface area contributed by atoms with Crippen LogP contribution < -0.4 is 22.5 Å². The molecule has 0 saturated heterocycles. The van der Waals surface area contributed by atoms with Crippen LogP contribution in [0.25, 0.3) is 11.1 Å². The molecule has 1 aliphatic carbocycles. The number of benzene rings is 2. The fraction of sp³-hybridized carbons (Fsp3) is 0.409. The van der Waals surface area contributed by atoms with E-state index in [1.165, 1.54) is 22.3 Å². The molecule has 6 heteroatoms. The van der Waals surface area contributed by atoms with Crippen molar-refractivity contribution in [3.63, 3.8) is 0 Å². The van der Waals surface area contributed by atoms with E-state index in [-0.39, 0.29) is 12.5 Å². The molecule has 2 aromatic rings. The number of hydrogen-bond acceptors (Lipinski definition) is 5. The molecule has 28 heavy (non-hydrogen) atoms. The number of hydrogen-bond donors (Lipinski definition) is 4. The van der Waals surface area contributed by atoms with Gasteiger partial charge >= 0.3 is 6.09 Å². The summed E-state index contributed by atoms with van der Waals surface area (Å²) in [7, 11) is 0. The summed E-state index contributed by atoms with van der Waals surface area (Å²) < 4.78 is 5.66. The second-order valence-corrected chi connectivity index (χ2v) is 7.35. The Kier molecular flexibility index (Phi) is 6.67. The maximum Gasteiger partial charge on any atom is 0.407 e. The molecule has 0 saturated carbocycles. The number of carbonyl (C=O) groups excluding carboxylic acids is 1. The van der Waals surface area contributed by atoms with Gasteiger partial charge in [-0.25, -0.2) is 4.79 Å². The maximum absolute atomic E-state index is 12.6. The zero-order valence-corrected chi connectivity index (χ0v) is 16.2. The molecule has 1 amide bonds. The summed E-state index contributed by atoms with van der Waals surface area (Å²) in [6.45, 7) is 1.63. The number of carbonyl (C=O) groups is 1. The Labute approximate surface area is 166 Å². The van der Waals surface area contributed by atoms with Gasteiger partial charge in [0.15, 0.2) is 0 Å². The van der Waals surface area contributed by atoms with Gasteiger partial charge in [0.1, 0.15) is 6.61 Å². The summed E-state index contributed by atoms with van der Waals surface area (Å²) in [5.41, 5.74) is 21.5. The lowest BCUT2D eigenvalue weighted by atomic mass is 9.87. The number of alkyl carbamates (subject to hydrolysis) is 1. The lowest BCUT2D eigenvalue weighted by molar-refractivity contribution is 0.125. The molecule has 7 N–H and O–H groups in total. The normalized spacial score (nSPS) is 13.1. The molecule has 0 radical (unpaired) electrons. The third-order valence-electron chi connectivity index (χ3n) is 5.58. The minimum Gasteiger partial charge on any atom is -0.449 e. The molecule has 0 atom stereocenters. The smallest absolute Gasteiger partial charge is 0.407 e. The lowest BCUT2D eigenvalue weighted by Crippen LogP contribution is -2.52. The van der Waals surface area contributed by atoms with Gasteiger partial charge in [0.05, 0.1) is 0 Å². The van der Waals surface area contributed by atoms with Gasteiger partial charge in [-0.2, -0.15) is 0 Å². The van der Waals surface area contributed by atoms with Crippen molar-refractivity contribution in [1.29, 1.82) is 0 Å². The zero-order chi connectivity index (χ0) is 20.0. The van der Waals surface area contributed by atoms with Crippen LogP contribution in [-0.2, 0) is 4.74 Å². The lowest BCUT2D eigenvalue weighted by Gasteiger charge is -2.34. The average Bonchev–Trinajstić information content (AvgIpc) is 3.01. The van der Waals surface area contributed by atoms with Crippen molar-refractivity contribution in [1.82, 2.24) is 5.32 Å². The van der Waals surface area contributed by atoms with Gasteiger partial charge in [-0.3, -0.25) is 0 Å². The molecule has 0 aliphatic heterocycles. The second kappa shape index (κ2) is 9.19. The molecule has 3 rings (SSSR count). The summed E-state index contributed by atoms with van der Waals surface area (Å²) in [6, 6.07) is 16.5. The van der Waals surface area contributed by atoms with Gasteiger partial charge in [0.2, 0.25) is 0 Å². The largest absolute Gasteiger partial charge is 0.449 e. The van der Waals surface area contributed by atoms with Crippen LogP contribution in [0.4, 0.5) is 4.79 Å². The molecule has 0 fully saturated rings. The minimum atomic E-state index is -0.513. The predicted molar refractivity (Wildman–Crippen MR) is 112 cm³/mol. The number of fused-ring (bicyclic) bond motifs is 3. The Morgan fingerprint density at radius 3 is 1.79 bits per heavy atom. The Morgan fingerprint density at radius 2 is 1.32 bits per heavy atom. The first-order chi connectivity index (χ1) is 13.6. The van der Waals surface area contributed by atoms with E-state index in [0.717, 1.165) is 0 Å². The third-order valence-corrected chi connectivity index (χ3v) is 5.58. The summed E-state index contributed by atoms with van der Waals surface area (Å²) in [5, 5.41) is 3.00. The van der Waals surface area contributed by atoms with Gasteiger partial charge in [-0.15, -0.1) is 0 Å². The monoisotopic (exact) mass is 382 g/mol. The number of amides is 1. The van der Waals surface area contributed by atoms with Crippen LogP contribution in [0.2, 0.25) is 0 Å². The first kappa shape index (κ1) is 20.3. The van der Waals surface area contributed by atoms with E-state index in [9.17, 15) is 4.79 Å². The van der Waals surface area contributed by atoms with Crippen molar-refractivity contribution in [2.75, 3.05) is 26.2 Å². The first-order valence-corrected chi connectivity index (χ1v) is 9.87. The SMILES string of the molecule is NCCC(CCN)(CCN)NC(=O)OCC1c2ccccc2-c2ccccc21. The second-order valence-electron chi connectivity index (χ2n) is 7.35. The van der Waals surface area contributed by atoms with E-state index in [4.69, 9.17) is 21.9 Å². The van der Waals surface area contributed by atoms with Crippen LogP contribution >= 0.6 is 0 Å². The molecule has 0 heterocycles. The van der Waals surface area contributed by atoms with Crippen molar-refractivity contribution in [3.8, 4) is 11.1 Å². The van der Waals surface area contributed by atoms with Crippen LogP contribution in [0.1, 0.15) is 36.3 Å². The Hall–Kier alpha value is -2.41. The van der Waals surface area contributed by atoms with Crippen molar-refractivity contribution >= 4 is 6.09 Å². The van der Waals surface area contributed by atoms with Gasteiger partial charge in [0.25, 0.3) is 0 Å². The van der Waals surface area contributed by atoms with Crippen LogP contribution in [0.5, 0.6) is 0 Å². The van der Waals surface area contributed by atoms with Crippen molar-refractivity contribution in [2.45, 2.75) is 30.7 Å². The number of ether oxygens (including phenoxy) is 1. The molecule has 1 aliphatic rings. The van der Waals surface area contributed by atoms with E-state index in [2.05, 4.69) is 29.6 Å². The number of nitrogens with two attached hydrogens (primary N) is 3. The van der Waals surface area contributed by atoms with Gasteiger partial charge in [0, 0.05) is 11.5 Å². The predicted octanol–water partition coefficient (Wildman–Crippen LogP) is 2.31. The van der Waals surface area contributed by atoms with Crippen LogP contribution in [-0.4, -0.2) is 37.9 Å². The molecule has 0 bridgehead atoms. The van der Waals surface area contributed by atoms with E-state index in [1.54, 1.807) is 0 Å². The van der Waals surface area contributed by atoms with Crippen molar-refractivity contribution in [2.24, 2.45) is 17.2 Å². The summed E-state index contributed by atoms with van der Waals surface area (Å²) in [6.07, 6.45) is 1.40. The topological polar surface area (TPSA) is 116 Å². The highest BCUT2D eigenvalue weighted by atomic mass is 16.5. The maximum atomic E-state index is 12.6. The van der Waals surface area contributed by atoms with E-state index in [1.807, 2.05) is 24.3 Å². The third kappa shape index (κ3) is 4.19. The Morgan fingerprint density at radius 1 is 0.857 bits per heavy atom. The molecule has 6 nitrogen and oxygen atoms in total. The summed E-state index contributed by atoms with van der Waals surface area (Å²) in [4.78, 5) is 12.6. The molecule has 150 valence electrons. The average molecular weight is 383 g/mol. The highest BCUT2D eigenvalue weighted by Crippen LogP contribution is 2.44. The van der Waals surface area contributed by atoms with Gasteiger partial charge < -0.3 is 27.3 Å². The summed E-state index contributed by atoms with van der Waals surface area (Å²) in [5.74, 6) is 0.0334. The molecule has 2 aromatic carbocycles.